The van der Waals surface area contributed by atoms with Crippen LogP contribution in [0.5, 0.6) is 0 Å². The van der Waals surface area contributed by atoms with Crippen LogP contribution in [0, 0.1) is 6.92 Å². The number of aliphatic hydroxyl groups excluding tert-OH is 1. The summed E-state index contributed by atoms with van der Waals surface area (Å²) < 4.78 is 6.96. The molecule has 0 unspecified atom stereocenters. The Labute approximate surface area is 81.0 Å². The lowest BCUT2D eigenvalue weighted by atomic mass is 10.2. The summed E-state index contributed by atoms with van der Waals surface area (Å²) in [7, 11) is 1.85. The number of aliphatic hydroxyl groups is 1. The van der Waals surface area contributed by atoms with Gasteiger partial charge < -0.3 is 9.52 Å². The van der Waals surface area contributed by atoms with Crippen molar-refractivity contribution in [2.24, 2.45) is 7.05 Å². The molecular formula is C9H11N3O2. The highest BCUT2D eigenvalue weighted by Crippen LogP contribution is 2.25. The highest BCUT2D eigenvalue weighted by atomic mass is 16.3. The van der Waals surface area contributed by atoms with E-state index in [0.717, 1.165) is 11.3 Å². The summed E-state index contributed by atoms with van der Waals surface area (Å²) in [4.78, 5) is 3.91. The van der Waals surface area contributed by atoms with E-state index in [0.29, 0.717) is 11.5 Å². The van der Waals surface area contributed by atoms with E-state index in [1.807, 2.05) is 14.0 Å². The first-order valence-electron chi connectivity index (χ1n) is 4.26. The molecule has 0 saturated carbocycles. The Morgan fingerprint density at radius 1 is 1.57 bits per heavy atom. The van der Waals surface area contributed by atoms with Gasteiger partial charge >= 0.3 is 0 Å². The first-order chi connectivity index (χ1) is 6.74. The van der Waals surface area contributed by atoms with Crippen LogP contribution in [0.4, 0.5) is 0 Å². The Hall–Kier alpha value is -1.62. The minimum absolute atomic E-state index is 0.125. The molecule has 0 aliphatic heterocycles. The fourth-order valence-corrected chi connectivity index (χ4v) is 1.32. The van der Waals surface area contributed by atoms with Gasteiger partial charge in [0.2, 0.25) is 0 Å². The number of aromatic nitrogens is 3. The van der Waals surface area contributed by atoms with Crippen molar-refractivity contribution in [1.29, 1.82) is 0 Å². The van der Waals surface area contributed by atoms with Crippen molar-refractivity contribution < 1.29 is 9.52 Å². The van der Waals surface area contributed by atoms with E-state index in [4.69, 9.17) is 9.52 Å². The van der Waals surface area contributed by atoms with E-state index in [-0.39, 0.29) is 6.61 Å². The SMILES string of the molecule is Cc1c(-c2ocnc2CO)cnn1C. The van der Waals surface area contributed by atoms with Crippen LogP contribution in [-0.4, -0.2) is 19.9 Å². The molecule has 0 radical (unpaired) electrons. The third-order valence-corrected chi connectivity index (χ3v) is 2.27. The maximum absolute atomic E-state index is 9.02. The van der Waals surface area contributed by atoms with E-state index in [1.165, 1.54) is 6.39 Å². The number of hydrogen-bond donors (Lipinski definition) is 1. The zero-order valence-corrected chi connectivity index (χ0v) is 8.06. The fourth-order valence-electron chi connectivity index (χ4n) is 1.32. The van der Waals surface area contributed by atoms with E-state index < -0.39 is 0 Å². The number of oxazole rings is 1. The Kier molecular flexibility index (Phi) is 2.09. The van der Waals surface area contributed by atoms with Crippen molar-refractivity contribution in [1.82, 2.24) is 14.8 Å². The average Bonchev–Trinajstić information content (AvgIpc) is 2.75. The highest BCUT2D eigenvalue weighted by Gasteiger charge is 2.14. The molecule has 0 atom stereocenters. The lowest BCUT2D eigenvalue weighted by Gasteiger charge is -1.97. The molecule has 2 aromatic heterocycles. The van der Waals surface area contributed by atoms with Gasteiger partial charge in [0.25, 0.3) is 0 Å². The van der Waals surface area contributed by atoms with Gasteiger partial charge in [-0.2, -0.15) is 5.10 Å². The first kappa shape index (κ1) is 8.96. The molecule has 1 N–H and O–H groups in total. The molecule has 74 valence electrons. The molecule has 0 aromatic carbocycles. The minimum atomic E-state index is -0.125. The fraction of sp³-hybridized carbons (Fsp3) is 0.333. The third-order valence-electron chi connectivity index (χ3n) is 2.27. The molecule has 0 aliphatic rings. The van der Waals surface area contributed by atoms with Gasteiger partial charge in [-0.3, -0.25) is 4.68 Å². The summed E-state index contributed by atoms with van der Waals surface area (Å²) in [5.41, 5.74) is 2.40. The van der Waals surface area contributed by atoms with Crippen molar-refractivity contribution in [3.05, 3.63) is 24.0 Å². The first-order valence-corrected chi connectivity index (χ1v) is 4.26. The van der Waals surface area contributed by atoms with Crippen LogP contribution >= 0.6 is 0 Å². The van der Waals surface area contributed by atoms with Crippen molar-refractivity contribution in [3.8, 4) is 11.3 Å². The minimum Gasteiger partial charge on any atom is -0.443 e. The van der Waals surface area contributed by atoms with Gasteiger partial charge in [-0.1, -0.05) is 0 Å². The standard InChI is InChI=1S/C9H11N3O2/c1-6-7(3-11-12(6)2)9-8(4-13)10-5-14-9/h3,5,13H,4H2,1-2H3. The second-order valence-corrected chi connectivity index (χ2v) is 3.05. The Balaban J connectivity index is 2.54. The predicted molar refractivity (Wildman–Crippen MR) is 49.4 cm³/mol. The monoisotopic (exact) mass is 193 g/mol. The van der Waals surface area contributed by atoms with Crippen LogP contribution in [0.2, 0.25) is 0 Å². The van der Waals surface area contributed by atoms with Crippen molar-refractivity contribution in [3.63, 3.8) is 0 Å². The van der Waals surface area contributed by atoms with Gasteiger partial charge in [0.15, 0.2) is 12.2 Å². The van der Waals surface area contributed by atoms with Gasteiger partial charge in [-0.25, -0.2) is 4.98 Å². The maximum atomic E-state index is 9.02. The van der Waals surface area contributed by atoms with Crippen LogP contribution in [0.1, 0.15) is 11.4 Å². The van der Waals surface area contributed by atoms with Crippen LogP contribution in [0.25, 0.3) is 11.3 Å². The number of nitrogens with zero attached hydrogens (tertiary/aromatic N) is 3. The van der Waals surface area contributed by atoms with E-state index in [9.17, 15) is 0 Å². The van der Waals surface area contributed by atoms with E-state index in [1.54, 1.807) is 10.9 Å². The van der Waals surface area contributed by atoms with Crippen LogP contribution in [-0.2, 0) is 13.7 Å². The zero-order chi connectivity index (χ0) is 10.1. The number of hydrogen-bond acceptors (Lipinski definition) is 4. The zero-order valence-electron chi connectivity index (χ0n) is 8.06. The lowest BCUT2D eigenvalue weighted by molar-refractivity contribution is 0.277. The largest absolute Gasteiger partial charge is 0.443 e. The molecule has 14 heavy (non-hydrogen) atoms. The smallest absolute Gasteiger partial charge is 0.181 e. The quantitative estimate of drug-likeness (QED) is 0.768. The topological polar surface area (TPSA) is 64.1 Å². The predicted octanol–water partition coefficient (Wildman–Crippen LogP) is 0.876. The number of rotatable bonds is 2. The summed E-state index contributed by atoms with van der Waals surface area (Å²) in [6.45, 7) is 1.81. The normalized spacial score (nSPS) is 10.8. The van der Waals surface area contributed by atoms with Gasteiger partial charge in [-0.15, -0.1) is 0 Å². The van der Waals surface area contributed by atoms with Crippen LogP contribution in [0.3, 0.4) is 0 Å². The molecule has 5 nitrogen and oxygen atoms in total. The van der Waals surface area contributed by atoms with E-state index in [2.05, 4.69) is 10.1 Å². The average molecular weight is 193 g/mol. The van der Waals surface area contributed by atoms with E-state index >= 15 is 0 Å². The summed E-state index contributed by atoms with van der Waals surface area (Å²) in [5.74, 6) is 0.595. The molecule has 0 spiro atoms. The molecule has 5 heteroatoms. The van der Waals surface area contributed by atoms with Crippen molar-refractivity contribution in [2.45, 2.75) is 13.5 Å². The van der Waals surface area contributed by atoms with Gasteiger partial charge in [0.1, 0.15) is 5.69 Å². The van der Waals surface area contributed by atoms with Crippen molar-refractivity contribution in [2.75, 3.05) is 0 Å². The molecule has 0 saturated heterocycles. The molecule has 2 heterocycles. The second-order valence-electron chi connectivity index (χ2n) is 3.05. The Morgan fingerprint density at radius 3 is 2.93 bits per heavy atom. The number of aryl methyl sites for hydroxylation is 1. The van der Waals surface area contributed by atoms with Crippen LogP contribution < -0.4 is 0 Å². The van der Waals surface area contributed by atoms with Crippen molar-refractivity contribution >= 4 is 0 Å². The maximum Gasteiger partial charge on any atom is 0.181 e. The van der Waals surface area contributed by atoms with Gasteiger partial charge in [0, 0.05) is 12.7 Å². The molecular weight excluding hydrogens is 182 g/mol. The van der Waals surface area contributed by atoms with Gasteiger partial charge in [-0.05, 0) is 6.92 Å². The molecule has 0 amide bonds. The molecule has 0 bridgehead atoms. The second kappa shape index (κ2) is 3.26. The summed E-state index contributed by atoms with van der Waals surface area (Å²) >= 11 is 0. The lowest BCUT2D eigenvalue weighted by Crippen LogP contribution is -1.93. The highest BCUT2D eigenvalue weighted by molar-refractivity contribution is 5.61. The van der Waals surface area contributed by atoms with Crippen LogP contribution in [0.15, 0.2) is 17.0 Å². The summed E-state index contributed by atoms with van der Waals surface area (Å²) in [6.07, 6.45) is 3.03. The van der Waals surface area contributed by atoms with Gasteiger partial charge in [0.05, 0.1) is 18.4 Å². The Bertz CT molecular complexity index is 445. The molecule has 0 fully saturated rings. The molecule has 0 aliphatic carbocycles. The summed E-state index contributed by atoms with van der Waals surface area (Å²) in [6, 6.07) is 0. The Morgan fingerprint density at radius 2 is 2.36 bits per heavy atom. The molecule has 2 aromatic rings. The summed E-state index contributed by atoms with van der Waals surface area (Å²) in [5, 5.41) is 13.1. The third kappa shape index (κ3) is 1.22. The molecule has 2 rings (SSSR count).